The second kappa shape index (κ2) is 6.18. The van der Waals surface area contributed by atoms with E-state index in [-0.39, 0.29) is 10.9 Å². The number of benzene rings is 2. The van der Waals surface area contributed by atoms with Crippen LogP contribution in [0.2, 0.25) is 0 Å². The maximum Gasteiger partial charge on any atom is 0.324 e. The predicted molar refractivity (Wildman–Crippen MR) is 90.7 cm³/mol. The first-order chi connectivity index (χ1) is 11.1. The van der Waals surface area contributed by atoms with Crippen molar-refractivity contribution in [1.82, 2.24) is 4.90 Å². The van der Waals surface area contributed by atoms with Crippen molar-refractivity contribution in [3.63, 3.8) is 0 Å². The summed E-state index contributed by atoms with van der Waals surface area (Å²) >= 11 is 0.901. The molecule has 3 rings (SSSR count). The predicted octanol–water partition coefficient (Wildman–Crippen LogP) is 4.08. The number of nitro groups is 1. The van der Waals surface area contributed by atoms with Gasteiger partial charge in [0.2, 0.25) is 0 Å². The Morgan fingerprint density at radius 2 is 1.87 bits per heavy atom. The monoisotopic (exact) mass is 326 g/mol. The van der Waals surface area contributed by atoms with Crippen LogP contribution in [0.25, 0.3) is 10.8 Å². The molecule has 0 radical (unpaired) electrons. The second-order valence-electron chi connectivity index (χ2n) is 5.19. The van der Waals surface area contributed by atoms with Crippen molar-refractivity contribution in [3.05, 3.63) is 75.2 Å². The van der Waals surface area contributed by atoms with Crippen LogP contribution in [-0.2, 0) is 6.54 Å². The lowest BCUT2D eigenvalue weighted by Crippen LogP contribution is -2.25. The number of carbonyl (C=O) groups excluding carboxylic acids is 1. The van der Waals surface area contributed by atoms with Crippen LogP contribution in [0.1, 0.15) is 15.2 Å². The fraction of sp³-hybridized carbons (Fsp3) is 0.118. The zero-order valence-corrected chi connectivity index (χ0v) is 13.2. The van der Waals surface area contributed by atoms with Crippen molar-refractivity contribution in [3.8, 4) is 0 Å². The third kappa shape index (κ3) is 3.07. The zero-order valence-electron chi connectivity index (χ0n) is 12.4. The number of hydrogen-bond donors (Lipinski definition) is 0. The Hall–Kier alpha value is -2.73. The molecule has 0 bridgehead atoms. The summed E-state index contributed by atoms with van der Waals surface area (Å²) in [6.07, 6.45) is 0. The molecule has 0 aliphatic carbocycles. The molecule has 0 aliphatic heterocycles. The number of nitrogens with zero attached hydrogens (tertiary/aromatic N) is 2. The number of thiophene rings is 1. The van der Waals surface area contributed by atoms with E-state index in [1.54, 1.807) is 11.9 Å². The molecule has 0 spiro atoms. The van der Waals surface area contributed by atoms with E-state index in [0.717, 1.165) is 27.7 Å². The van der Waals surface area contributed by atoms with Crippen LogP contribution in [0.4, 0.5) is 5.00 Å². The van der Waals surface area contributed by atoms with Gasteiger partial charge in [-0.05, 0) is 22.4 Å². The van der Waals surface area contributed by atoms with Gasteiger partial charge in [0.1, 0.15) is 0 Å². The van der Waals surface area contributed by atoms with Crippen molar-refractivity contribution in [1.29, 1.82) is 0 Å². The van der Waals surface area contributed by atoms with Gasteiger partial charge in [-0.25, -0.2) is 0 Å². The molecule has 0 saturated heterocycles. The normalized spacial score (nSPS) is 10.7. The summed E-state index contributed by atoms with van der Waals surface area (Å²) in [5, 5.41) is 12.9. The molecule has 5 nitrogen and oxygen atoms in total. The van der Waals surface area contributed by atoms with E-state index in [9.17, 15) is 14.9 Å². The van der Waals surface area contributed by atoms with Gasteiger partial charge in [-0.15, -0.1) is 0 Å². The zero-order chi connectivity index (χ0) is 16.4. The highest BCUT2D eigenvalue weighted by Gasteiger charge is 2.19. The Kier molecular flexibility index (Phi) is 4.08. The van der Waals surface area contributed by atoms with Gasteiger partial charge in [0.05, 0.1) is 9.80 Å². The SMILES string of the molecule is CN(Cc1cccc2ccccc12)C(=O)c1ccc([N+](=O)[O-])s1. The quantitative estimate of drug-likeness (QED) is 0.536. The van der Waals surface area contributed by atoms with Crippen molar-refractivity contribution in [2.24, 2.45) is 0 Å². The Labute approximate surface area is 136 Å². The number of fused-ring (bicyclic) bond motifs is 1. The Morgan fingerprint density at radius 1 is 1.13 bits per heavy atom. The molecule has 0 fully saturated rings. The standard InChI is InChI=1S/C17H14N2O3S/c1-18(17(20)15-9-10-16(23-15)19(21)22)11-13-7-4-6-12-5-2-3-8-14(12)13/h2-10H,11H2,1H3. The summed E-state index contributed by atoms with van der Waals surface area (Å²) in [5.41, 5.74) is 1.05. The molecule has 0 unspecified atom stereocenters. The van der Waals surface area contributed by atoms with Crippen molar-refractivity contribution in [2.45, 2.75) is 6.54 Å². The van der Waals surface area contributed by atoms with Crippen molar-refractivity contribution in [2.75, 3.05) is 7.05 Å². The lowest BCUT2D eigenvalue weighted by Gasteiger charge is -2.17. The molecule has 0 aliphatic rings. The molecule has 1 heterocycles. The number of amides is 1. The third-order valence-corrected chi connectivity index (χ3v) is 4.64. The Balaban J connectivity index is 1.83. The molecule has 23 heavy (non-hydrogen) atoms. The van der Waals surface area contributed by atoms with Crippen LogP contribution < -0.4 is 0 Å². The van der Waals surface area contributed by atoms with Gasteiger partial charge in [-0.2, -0.15) is 0 Å². The Morgan fingerprint density at radius 3 is 2.61 bits per heavy atom. The summed E-state index contributed by atoms with van der Waals surface area (Å²) in [5.74, 6) is -0.212. The maximum absolute atomic E-state index is 12.4. The molecule has 1 aromatic heterocycles. The van der Waals surface area contributed by atoms with E-state index >= 15 is 0 Å². The van der Waals surface area contributed by atoms with E-state index in [0.29, 0.717) is 11.4 Å². The average Bonchev–Trinajstić information content (AvgIpc) is 3.04. The van der Waals surface area contributed by atoms with Gasteiger partial charge in [-0.3, -0.25) is 14.9 Å². The molecular formula is C17H14N2O3S. The molecule has 6 heteroatoms. The highest BCUT2D eigenvalue weighted by molar-refractivity contribution is 7.17. The highest BCUT2D eigenvalue weighted by Crippen LogP contribution is 2.26. The molecule has 2 aromatic carbocycles. The summed E-state index contributed by atoms with van der Waals surface area (Å²) in [6.45, 7) is 0.450. The fourth-order valence-corrected chi connectivity index (χ4v) is 3.30. The van der Waals surface area contributed by atoms with E-state index in [2.05, 4.69) is 0 Å². The topological polar surface area (TPSA) is 63.5 Å². The number of rotatable bonds is 4. The smallest absolute Gasteiger partial charge is 0.324 e. The molecule has 1 amide bonds. The van der Waals surface area contributed by atoms with E-state index in [1.165, 1.54) is 12.1 Å². The van der Waals surface area contributed by atoms with Crippen LogP contribution in [0.5, 0.6) is 0 Å². The first-order valence-electron chi connectivity index (χ1n) is 7.02. The van der Waals surface area contributed by atoms with Gasteiger partial charge in [0.15, 0.2) is 0 Å². The van der Waals surface area contributed by atoms with Gasteiger partial charge in [0.25, 0.3) is 5.91 Å². The van der Waals surface area contributed by atoms with E-state index in [4.69, 9.17) is 0 Å². The number of carbonyl (C=O) groups is 1. The number of hydrogen-bond acceptors (Lipinski definition) is 4. The van der Waals surface area contributed by atoms with Crippen LogP contribution in [0, 0.1) is 10.1 Å². The third-order valence-electron chi connectivity index (χ3n) is 3.62. The summed E-state index contributed by atoms with van der Waals surface area (Å²) in [4.78, 5) is 24.6. The van der Waals surface area contributed by atoms with Gasteiger partial charge >= 0.3 is 5.00 Å². The molecule has 3 aromatic rings. The minimum Gasteiger partial charge on any atom is -0.337 e. The molecule has 116 valence electrons. The first kappa shape index (κ1) is 15.2. The lowest BCUT2D eigenvalue weighted by molar-refractivity contribution is -0.380. The van der Waals surface area contributed by atoms with Gasteiger partial charge < -0.3 is 4.90 Å². The van der Waals surface area contributed by atoms with E-state index < -0.39 is 4.92 Å². The summed E-state index contributed by atoms with van der Waals surface area (Å²) in [7, 11) is 1.70. The summed E-state index contributed by atoms with van der Waals surface area (Å²) < 4.78 is 0. The Bertz CT molecular complexity index is 883. The van der Waals surface area contributed by atoms with Crippen LogP contribution >= 0.6 is 11.3 Å². The van der Waals surface area contributed by atoms with Gasteiger partial charge in [-0.1, -0.05) is 53.8 Å². The molecule has 0 N–H and O–H groups in total. The van der Waals surface area contributed by atoms with Crippen LogP contribution in [-0.4, -0.2) is 22.8 Å². The summed E-state index contributed by atoms with van der Waals surface area (Å²) in [6, 6.07) is 16.9. The fourth-order valence-electron chi connectivity index (χ4n) is 2.49. The molecular weight excluding hydrogens is 312 g/mol. The second-order valence-corrected chi connectivity index (χ2v) is 6.26. The van der Waals surface area contributed by atoms with Crippen molar-refractivity contribution < 1.29 is 9.72 Å². The average molecular weight is 326 g/mol. The first-order valence-corrected chi connectivity index (χ1v) is 7.84. The lowest BCUT2D eigenvalue weighted by atomic mass is 10.0. The minimum absolute atomic E-state index is 0.0214. The van der Waals surface area contributed by atoms with Crippen molar-refractivity contribution >= 4 is 33.0 Å². The van der Waals surface area contributed by atoms with Gasteiger partial charge in [0, 0.05) is 19.7 Å². The molecule has 0 atom stereocenters. The van der Waals surface area contributed by atoms with Crippen LogP contribution in [0.3, 0.4) is 0 Å². The van der Waals surface area contributed by atoms with Crippen LogP contribution in [0.15, 0.2) is 54.6 Å². The maximum atomic E-state index is 12.4. The minimum atomic E-state index is -0.480. The van der Waals surface area contributed by atoms with E-state index in [1.807, 2.05) is 42.5 Å². The molecule has 0 saturated carbocycles. The highest BCUT2D eigenvalue weighted by atomic mass is 32.1. The largest absolute Gasteiger partial charge is 0.337 e.